The van der Waals surface area contributed by atoms with Crippen LogP contribution in [0.15, 0.2) is 24.3 Å². The van der Waals surface area contributed by atoms with Gasteiger partial charge in [0.25, 0.3) is 0 Å². The molecule has 2 unspecified atom stereocenters. The van der Waals surface area contributed by atoms with E-state index in [1.54, 1.807) is 0 Å². The van der Waals surface area contributed by atoms with E-state index in [9.17, 15) is 10.2 Å². The van der Waals surface area contributed by atoms with Crippen LogP contribution in [0.1, 0.15) is 5.56 Å². The molecule has 2 atom stereocenters. The summed E-state index contributed by atoms with van der Waals surface area (Å²) in [7, 11) is 0. The number of rotatable bonds is 2. The molecule has 0 aliphatic carbocycles. The molecule has 1 aromatic rings. The highest BCUT2D eigenvalue weighted by molar-refractivity contribution is 14.1. The Bertz CT molecular complexity index is 318. The molecule has 1 heterocycles. The Morgan fingerprint density at radius 2 is 1.67 bits per heavy atom. The van der Waals surface area contributed by atoms with Gasteiger partial charge in [-0.25, -0.2) is 0 Å². The molecule has 4 heteroatoms. The second-order valence-corrected chi connectivity index (χ2v) is 5.20. The summed E-state index contributed by atoms with van der Waals surface area (Å²) >= 11 is 2.27. The second kappa shape index (κ2) is 4.78. The predicted molar refractivity (Wildman–Crippen MR) is 66.4 cm³/mol. The molecule has 0 radical (unpaired) electrons. The SMILES string of the molecule is OC1CN(Cc2ccc(I)cc2)CC1O. The molecule has 0 bridgehead atoms. The van der Waals surface area contributed by atoms with Crippen molar-refractivity contribution in [3.8, 4) is 0 Å². The molecule has 2 rings (SSSR count). The Kier molecular flexibility index (Phi) is 3.60. The summed E-state index contributed by atoms with van der Waals surface area (Å²) in [4.78, 5) is 2.07. The summed E-state index contributed by atoms with van der Waals surface area (Å²) in [6.45, 7) is 1.92. The third-order valence-corrected chi connectivity index (χ3v) is 3.37. The second-order valence-electron chi connectivity index (χ2n) is 3.96. The number of likely N-dealkylation sites (tertiary alicyclic amines) is 1. The summed E-state index contributed by atoms with van der Waals surface area (Å²) in [5.41, 5.74) is 1.22. The van der Waals surface area contributed by atoms with Crippen molar-refractivity contribution < 1.29 is 10.2 Å². The van der Waals surface area contributed by atoms with Crippen molar-refractivity contribution >= 4 is 22.6 Å². The molecule has 1 aliphatic heterocycles. The Morgan fingerprint density at radius 3 is 2.20 bits per heavy atom. The predicted octanol–water partition coefficient (Wildman–Crippen LogP) is 0.829. The summed E-state index contributed by atoms with van der Waals surface area (Å²) in [6.07, 6.45) is -1.18. The number of halogens is 1. The van der Waals surface area contributed by atoms with Gasteiger partial charge in [-0.2, -0.15) is 0 Å². The van der Waals surface area contributed by atoms with E-state index in [0.29, 0.717) is 13.1 Å². The van der Waals surface area contributed by atoms with Crippen LogP contribution in [0.4, 0.5) is 0 Å². The number of β-amino-alcohol motifs (C(OH)–C–C–N with tert-alkyl or cyclic N) is 2. The average molecular weight is 319 g/mol. The summed E-state index contributed by atoms with van der Waals surface area (Å²) in [5.74, 6) is 0. The van der Waals surface area contributed by atoms with Crippen LogP contribution in [0.2, 0.25) is 0 Å². The molecule has 15 heavy (non-hydrogen) atoms. The van der Waals surface area contributed by atoms with E-state index in [1.165, 1.54) is 9.13 Å². The van der Waals surface area contributed by atoms with Crippen LogP contribution >= 0.6 is 22.6 Å². The fraction of sp³-hybridized carbons (Fsp3) is 0.455. The zero-order chi connectivity index (χ0) is 10.8. The van der Waals surface area contributed by atoms with E-state index in [4.69, 9.17) is 0 Å². The molecule has 0 spiro atoms. The molecular weight excluding hydrogens is 305 g/mol. The standard InChI is InChI=1S/C11H14INO2/c12-9-3-1-8(2-4-9)5-13-6-10(14)11(15)7-13/h1-4,10-11,14-15H,5-7H2. The van der Waals surface area contributed by atoms with Gasteiger partial charge < -0.3 is 10.2 Å². The minimum Gasteiger partial charge on any atom is -0.389 e. The lowest BCUT2D eigenvalue weighted by molar-refractivity contribution is 0.0572. The number of aliphatic hydroxyl groups excluding tert-OH is 2. The molecule has 1 aromatic carbocycles. The first-order chi connectivity index (χ1) is 7.15. The largest absolute Gasteiger partial charge is 0.389 e. The normalized spacial score (nSPS) is 27.1. The van der Waals surface area contributed by atoms with Gasteiger partial charge in [0, 0.05) is 23.2 Å². The highest BCUT2D eigenvalue weighted by atomic mass is 127. The van der Waals surface area contributed by atoms with E-state index in [1.807, 2.05) is 0 Å². The van der Waals surface area contributed by atoms with Crippen molar-refractivity contribution in [2.75, 3.05) is 13.1 Å². The van der Waals surface area contributed by atoms with Crippen LogP contribution in [0.5, 0.6) is 0 Å². The van der Waals surface area contributed by atoms with Gasteiger partial charge in [-0.05, 0) is 40.3 Å². The molecule has 3 nitrogen and oxygen atoms in total. The van der Waals surface area contributed by atoms with E-state index in [-0.39, 0.29) is 0 Å². The molecule has 0 amide bonds. The number of hydrogen-bond donors (Lipinski definition) is 2. The monoisotopic (exact) mass is 319 g/mol. The fourth-order valence-corrected chi connectivity index (χ4v) is 2.18. The van der Waals surface area contributed by atoms with Crippen LogP contribution in [0.3, 0.4) is 0 Å². The molecule has 0 saturated carbocycles. The highest BCUT2D eigenvalue weighted by Gasteiger charge is 2.29. The number of aliphatic hydroxyl groups is 2. The van der Waals surface area contributed by atoms with Crippen molar-refractivity contribution in [2.45, 2.75) is 18.8 Å². The molecule has 1 aliphatic rings. The lowest BCUT2D eigenvalue weighted by Crippen LogP contribution is -2.22. The Balaban J connectivity index is 1.95. The number of hydrogen-bond acceptors (Lipinski definition) is 3. The van der Waals surface area contributed by atoms with Crippen LogP contribution in [-0.4, -0.2) is 40.4 Å². The van der Waals surface area contributed by atoms with E-state index in [2.05, 4.69) is 51.8 Å². The van der Waals surface area contributed by atoms with Gasteiger partial charge in [0.15, 0.2) is 0 Å². The summed E-state index contributed by atoms with van der Waals surface area (Å²) in [6, 6.07) is 8.30. The lowest BCUT2D eigenvalue weighted by Gasteiger charge is -2.14. The molecular formula is C11H14INO2. The van der Waals surface area contributed by atoms with E-state index < -0.39 is 12.2 Å². The molecule has 82 valence electrons. The van der Waals surface area contributed by atoms with Gasteiger partial charge in [-0.15, -0.1) is 0 Å². The molecule has 2 N–H and O–H groups in total. The van der Waals surface area contributed by atoms with Crippen molar-refractivity contribution in [3.05, 3.63) is 33.4 Å². The maximum absolute atomic E-state index is 9.40. The smallest absolute Gasteiger partial charge is 0.0938 e. The van der Waals surface area contributed by atoms with Gasteiger partial charge in [0.2, 0.25) is 0 Å². The molecule has 1 saturated heterocycles. The molecule has 1 fully saturated rings. The number of nitrogens with zero attached hydrogens (tertiary/aromatic N) is 1. The third kappa shape index (κ3) is 2.90. The number of benzene rings is 1. The first kappa shape index (κ1) is 11.3. The maximum atomic E-state index is 9.40. The quantitative estimate of drug-likeness (QED) is 0.794. The first-order valence-corrected chi connectivity index (χ1v) is 6.06. The van der Waals surface area contributed by atoms with Crippen LogP contribution in [0, 0.1) is 3.57 Å². The maximum Gasteiger partial charge on any atom is 0.0938 e. The Labute approximate surface area is 103 Å². The van der Waals surface area contributed by atoms with Crippen molar-refractivity contribution in [1.29, 1.82) is 0 Å². The van der Waals surface area contributed by atoms with E-state index in [0.717, 1.165) is 6.54 Å². The zero-order valence-corrected chi connectivity index (χ0v) is 10.5. The average Bonchev–Trinajstić information content (AvgIpc) is 2.50. The van der Waals surface area contributed by atoms with Crippen molar-refractivity contribution in [3.63, 3.8) is 0 Å². The fourth-order valence-electron chi connectivity index (χ4n) is 1.82. The minimum atomic E-state index is -0.589. The van der Waals surface area contributed by atoms with Gasteiger partial charge >= 0.3 is 0 Å². The van der Waals surface area contributed by atoms with Crippen LogP contribution < -0.4 is 0 Å². The highest BCUT2D eigenvalue weighted by Crippen LogP contribution is 2.15. The lowest BCUT2D eigenvalue weighted by atomic mass is 10.2. The first-order valence-electron chi connectivity index (χ1n) is 4.98. The Morgan fingerprint density at radius 1 is 1.13 bits per heavy atom. The molecule has 0 aromatic heterocycles. The van der Waals surface area contributed by atoms with E-state index >= 15 is 0 Å². The Hall–Kier alpha value is -0.170. The zero-order valence-electron chi connectivity index (χ0n) is 8.31. The van der Waals surface area contributed by atoms with Crippen molar-refractivity contribution in [1.82, 2.24) is 4.90 Å². The summed E-state index contributed by atoms with van der Waals surface area (Å²) in [5, 5.41) is 18.8. The van der Waals surface area contributed by atoms with Gasteiger partial charge in [0.1, 0.15) is 0 Å². The van der Waals surface area contributed by atoms with Gasteiger partial charge in [-0.3, -0.25) is 4.90 Å². The van der Waals surface area contributed by atoms with Gasteiger partial charge in [-0.1, -0.05) is 12.1 Å². The van der Waals surface area contributed by atoms with Crippen LogP contribution in [-0.2, 0) is 6.54 Å². The third-order valence-electron chi connectivity index (χ3n) is 2.65. The van der Waals surface area contributed by atoms with Crippen molar-refractivity contribution in [2.24, 2.45) is 0 Å². The summed E-state index contributed by atoms with van der Waals surface area (Å²) < 4.78 is 1.22. The van der Waals surface area contributed by atoms with Gasteiger partial charge in [0.05, 0.1) is 12.2 Å². The topological polar surface area (TPSA) is 43.7 Å². The van der Waals surface area contributed by atoms with Crippen LogP contribution in [0.25, 0.3) is 0 Å². The minimum absolute atomic E-state index is 0.563.